The molecule has 0 aliphatic carbocycles. The van der Waals surface area contributed by atoms with Crippen molar-refractivity contribution in [1.29, 1.82) is 0 Å². The first-order valence-corrected chi connectivity index (χ1v) is 5.06. The molecular weight excluding hydrogens is 248 g/mol. The minimum Gasteiger partial charge on any atom is -0.298 e. The lowest BCUT2D eigenvalue weighted by Crippen LogP contribution is -1.94. The standard InChI is InChI=1S/C12H6ClF2NO/c13-8-1-2-10(14)9(4-8)12-3-7(6-17)11(15)5-16-12/h1-6H. The Bertz CT molecular complexity index is 587. The van der Waals surface area contributed by atoms with Gasteiger partial charge in [-0.3, -0.25) is 9.78 Å². The number of pyridine rings is 1. The molecule has 0 spiro atoms. The first-order chi connectivity index (χ1) is 8.11. The smallest absolute Gasteiger partial charge is 0.153 e. The van der Waals surface area contributed by atoms with Crippen LogP contribution in [0, 0.1) is 11.6 Å². The van der Waals surface area contributed by atoms with E-state index < -0.39 is 11.6 Å². The zero-order valence-electron chi connectivity index (χ0n) is 8.45. The van der Waals surface area contributed by atoms with Crippen LogP contribution >= 0.6 is 11.6 Å². The van der Waals surface area contributed by atoms with Gasteiger partial charge in [0.05, 0.1) is 17.5 Å². The van der Waals surface area contributed by atoms with Crippen molar-refractivity contribution in [2.45, 2.75) is 0 Å². The van der Waals surface area contributed by atoms with Gasteiger partial charge in [-0.15, -0.1) is 0 Å². The minimum atomic E-state index is -0.744. The van der Waals surface area contributed by atoms with Crippen LogP contribution in [0.5, 0.6) is 0 Å². The van der Waals surface area contributed by atoms with Crippen LogP contribution in [-0.4, -0.2) is 11.3 Å². The predicted octanol–water partition coefficient (Wildman–Crippen LogP) is 3.49. The summed E-state index contributed by atoms with van der Waals surface area (Å²) < 4.78 is 26.6. The molecule has 86 valence electrons. The molecule has 1 aromatic heterocycles. The summed E-state index contributed by atoms with van der Waals surface area (Å²) in [5.41, 5.74) is 0.114. The molecule has 0 aliphatic heterocycles. The van der Waals surface area contributed by atoms with E-state index in [2.05, 4.69) is 4.98 Å². The third kappa shape index (κ3) is 2.31. The molecule has 0 radical (unpaired) electrons. The summed E-state index contributed by atoms with van der Waals surface area (Å²) in [6.07, 6.45) is 1.22. The Morgan fingerprint density at radius 3 is 2.65 bits per heavy atom. The summed E-state index contributed by atoms with van der Waals surface area (Å²) in [7, 11) is 0. The Kier molecular flexibility index (Phi) is 3.15. The van der Waals surface area contributed by atoms with E-state index in [9.17, 15) is 13.6 Å². The van der Waals surface area contributed by atoms with E-state index >= 15 is 0 Å². The summed E-state index contributed by atoms with van der Waals surface area (Å²) in [5, 5.41) is 0.333. The van der Waals surface area contributed by atoms with Gasteiger partial charge < -0.3 is 0 Å². The third-order valence-electron chi connectivity index (χ3n) is 2.22. The fourth-order valence-corrected chi connectivity index (χ4v) is 1.56. The van der Waals surface area contributed by atoms with Crippen molar-refractivity contribution in [1.82, 2.24) is 4.98 Å². The molecular formula is C12H6ClF2NO. The van der Waals surface area contributed by atoms with Gasteiger partial charge in [0.2, 0.25) is 0 Å². The summed E-state index contributed by atoms with van der Waals surface area (Å²) in [4.78, 5) is 14.3. The Balaban J connectivity index is 2.60. The van der Waals surface area contributed by atoms with Crippen LogP contribution in [0.25, 0.3) is 11.3 Å². The SMILES string of the molecule is O=Cc1cc(-c2cc(Cl)ccc2F)ncc1F. The largest absolute Gasteiger partial charge is 0.298 e. The molecule has 0 saturated carbocycles. The highest BCUT2D eigenvalue weighted by atomic mass is 35.5. The topological polar surface area (TPSA) is 30.0 Å². The summed E-state index contributed by atoms with van der Waals surface area (Å²) in [5.74, 6) is -1.28. The summed E-state index contributed by atoms with van der Waals surface area (Å²) in [6, 6.07) is 5.12. The highest BCUT2D eigenvalue weighted by Gasteiger charge is 2.10. The van der Waals surface area contributed by atoms with E-state index in [1.54, 1.807) is 0 Å². The number of aromatic nitrogens is 1. The van der Waals surface area contributed by atoms with Crippen molar-refractivity contribution in [3.8, 4) is 11.3 Å². The van der Waals surface area contributed by atoms with Crippen LogP contribution < -0.4 is 0 Å². The number of hydrogen-bond donors (Lipinski definition) is 0. The van der Waals surface area contributed by atoms with Crippen LogP contribution in [0.3, 0.4) is 0 Å². The van der Waals surface area contributed by atoms with E-state index in [0.29, 0.717) is 11.3 Å². The van der Waals surface area contributed by atoms with Crippen molar-refractivity contribution >= 4 is 17.9 Å². The fraction of sp³-hybridized carbons (Fsp3) is 0. The fourth-order valence-electron chi connectivity index (χ4n) is 1.39. The lowest BCUT2D eigenvalue weighted by Gasteiger charge is -2.04. The highest BCUT2D eigenvalue weighted by Crippen LogP contribution is 2.25. The van der Waals surface area contributed by atoms with Gasteiger partial charge in [-0.1, -0.05) is 11.6 Å². The molecule has 0 atom stereocenters. The van der Waals surface area contributed by atoms with Crippen molar-refractivity contribution < 1.29 is 13.6 Å². The Hall–Kier alpha value is -1.81. The average molecular weight is 254 g/mol. The van der Waals surface area contributed by atoms with Gasteiger partial charge in [0, 0.05) is 10.6 Å². The number of carbonyl (C=O) groups is 1. The zero-order chi connectivity index (χ0) is 12.4. The molecule has 0 bridgehead atoms. The molecule has 1 aromatic carbocycles. The van der Waals surface area contributed by atoms with Crippen molar-refractivity contribution in [3.05, 3.63) is 52.7 Å². The Morgan fingerprint density at radius 1 is 1.18 bits per heavy atom. The van der Waals surface area contributed by atoms with E-state index in [1.807, 2.05) is 0 Å². The minimum absolute atomic E-state index is 0.126. The van der Waals surface area contributed by atoms with Crippen molar-refractivity contribution in [2.75, 3.05) is 0 Å². The van der Waals surface area contributed by atoms with E-state index in [1.165, 1.54) is 24.3 Å². The molecule has 1 heterocycles. The second kappa shape index (κ2) is 4.59. The quantitative estimate of drug-likeness (QED) is 0.767. The number of nitrogens with zero attached hydrogens (tertiary/aromatic N) is 1. The second-order valence-electron chi connectivity index (χ2n) is 3.33. The van der Waals surface area contributed by atoms with Gasteiger partial charge in [-0.25, -0.2) is 8.78 Å². The van der Waals surface area contributed by atoms with Gasteiger partial charge in [0.25, 0.3) is 0 Å². The number of rotatable bonds is 2. The maximum Gasteiger partial charge on any atom is 0.153 e. The van der Waals surface area contributed by atoms with Crippen LogP contribution in [0.1, 0.15) is 10.4 Å². The van der Waals surface area contributed by atoms with E-state index in [4.69, 9.17) is 11.6 Å². The monoisotopic (exact) mass is 253 g/mol. The molecule has 0 amide bonds. The van der Waals surface area contributed by atoms with E-state index in [0.717, 1.165) is 6.20 Å². The molecule has 2 aromatic rings. The second-order valence-corrected chi connectivity index (χ2v) is 3.77. The average Bonchev–Trinajstić information content (AvgIpc) is 2.33. The molecule has 2 nitrogen and oxygen atoms in total. The van der Waals surface area contributed by atoms with Crippen LogP contribution in [-0.2, 0) is 0 Å². The van der Waals surface area contributed by atoms with Crippen molar-refractivity contribution in [2.24, 2.45) is 0 Å². The van der Waals surface area contributed by atoms with Gasteiger partial charge in [0.15, 0.2) is 12.1 Å². The number of hydrogen-bond acceptors (Lipinski definition) is 2. The first-order valence-electron chi connectivity index (χ1n) is 4.68. The van der Waals surface area contributed by atoms with Crippen LogP contribution in [0.4, 0.5) is 8.78 Å². The van der Waals surface area contributed by atoms with Gasteiger partial charge in [-0.2, -0.15) is 0 Å². The van der Waals surface area contributed by atoms with Gasteiger partial charge in [0.1, 0.15) is 5.82 Å². The molecule has 5 heteroatoms. The summed E-state index contributed by atoms with van der Waals surface area (Å²) >= 11 is 5.73. The van der Waals surface area contributed by atoms with Crippen LogP contribution in [0.15, 0.2) is 30.5 Å². The lowest BCUT2D eigenvalue weighted by atomic mass is 10.1. The molecule has 0 aliphatic rings. The number of aldehydes is 1. The molecule has 0 fully saturated rings. The maximum absolute atomic E-state index is 13.5. The number of benzene rings is 1. The Labute approximate surface area is 101 Å². The molecule has 0 N–H and O–H groups in total. The maximum atomic E-state index is 13.5. The lowest BCUT2D eigenvalue weighted by molar-refractivity contribution is 0.111. The number of halogens is 3. The zero-order valence-corrected chi connectivity index (χ0v) is 9.21. The highest BCUT2D eigenvalue weighted by molar-refractivity contribution is 6.30. The molecule has 17 heavy (non-hydrogen) atoms. The predicted molar refractivity (Wildman–Crippen MR) is 60.0 cm³/mol. The number of carbonyl (C=O) groups excluding carboxylic acids is 1. The summed E-state index contributed by atoms with van der Waals surface area (Å²) in [6.45, 7) is 0. The molecule has 0 unspecified atom stereocenters. The van der Waals surface area contributed by atoms with Crippen LogP contribution in [0.2, 0.25) is 5.02 Å². The third-order valence-corrected chi connectivity index (χ3v) is 2.45. The van der Waals surface area contributed by atoms with Crippen molar-refractivity contribution in [3.63, 3.8) is 0 Å². The molecule has 2 rings (SSSR count). The van der Waals surface area contributed by atoms with Gasteiger partial charge in [-0.05, 0) is 24.3 Å². The van der Waals surface area contributed by atoms with E-state index in [-0.39, 0.29) is 16.8 Å². The normalized spacial score (nSPS) is 10.3. The van der Waals surface area contributed by atoms with Gasteiger partial charge >= 0.3 is 0 Å². The molecule has 0 saturated heterocycles. The Morgan fingerprint density at radius 2 is 1.94 bits per heavy atom. The first kappa shape index (κ1) is 11.7.